The molecule has 0 aliphatic carbocycles. The SMILES string of the molecule is CC(=O)C(SCCSCCS)SCCSCCS. The van der Waals surface area contributed by atoms with Crippen LogP contribution in [-0.4, -0.2) is 56.4 Å². The Morgan fingerprint density at radius 2 is 1.33 bits per heavy atom. The van der Waals surface area contributed by atoms with Gasteiger partial charge in [0.05, 0.1) is 0 Å². The third-order valence-electron chi connectivity index (χ3n) is 1.80. The molecular weight excluding hydrogens is 341 g/mol. The lowest BCUT2D eigenvalue weighted by molar-refractivity contribution is -0.115. The summed E-state index contributed by atoms with van der Waals surface area (Å²) in [4.78, 5) is 11.5. The van der Waals surface area contributed by atoms with Gasteiger partial charge in [0.1, 0.15) is 4.58 Å². The summed E-state index contributed by atoms with van der Waals surface area (Å²) in [7, 11) is 0. The predicted molar refractivity (Wildman–Crippen MR) is 102 cm³/mol. The summed E-state index contributed by atoms with van der Waals surface area (Å²) >= 11 is 15.8. The van der Waals surface area contributed by atoms with Crippen LogP contribution >= 0.6 is 72.3 Å². The quantitative estimate of drug-likeness (QED) is 0.294. The van der Waals surface area contributed by atoms with Crippen LogP contribution in [0.25, 0.3) is 0 Å². The van der Waals surface area contributed by atoms with Crippen molar-refractivity contribution in [2.45, 2.75) is 11.5 Å². The summed E-state index contributed by atoms with van der Waals surface area (Å²) in [5.41, 5.74) is 0. The van der Waals surface area contributed by atoms with E-state index in [4.69, 9.17) is 0 Å². The Balaban J connectivity index is 3.56. The minimum Gasteiger partial charge on any atom is -0.298 e. The number of hydrogen-bond acceptors (Lipinski definition) is 7. The van der Waals surface area contributed by atoms with Crippen molar-refractivity contribution in [3.05, 3.63) is 0 Å². The van der Waals surface area contributed by atoms with Crippen molar-refractivity contribution in [1.82, 2.24) is 0 Å². The zero-order valence-electron chi connectivity index (χ0n) is 10.7. The molecule has 0 amide bonds. The Morgan fingerprint density at radius 3 is 1.67 bits per heavy atom. The number of Topliss-reactive ketones (excluding diaryl/α,β-unsaturated/α-hetero) is 1. The third-order valence-corrected chi connectivity index (χ3v) is 8.30. The second kappa shape index (κ2) is 15.2. The van der Waals surface area contributed by atoms with E-state index < -0.39 is 0 Å². The first kappa shape index (κ1) is 19.8. The van der Waals surface area contributed by atoms with Crippen LogP contribution in [0.15, 0.2) is 0 Å². The summed E-state index contributed by atoms with van der Waals surface area (Å²) in [5.74, 6) is 8.70. The molecule has 0 bridgehead atoms. The molecule has 0 saturated carbocycles. The van der Waals surface area contributed by atoms with Crippen molar-refractivity contribution >= 4 is 78.1 Å². The normalized spacial score (nSPS) is 11.1. The molecule has 0 aliphatic heterocycles. The van der Waals surface area contributed by atoms with Crippen molar-refractivity contribution in [3.63, 3.8) is 0 Å². The summed E-state index contributed by atoms with van der Waals surface area (Å²) in [6.07, 6.45) is 0. The molecular formula is C11H22OS6. The van der Waals surface area contributed by atoms with Gasteiger partial charge >= 0.3 is 0 Å². The summed E-state index contributed by atoms with van der Waals surface area (Å²) in [6, 6.07) is 0. The van der Waals surface area contributed by atoms with E-state index in [9.17, 15) is 4.79 Å². The molecule has 0 heterocycles. The maximum Gasteiger partial charge on any atom is 0.152 e. The highest BCUT2D eigenvalue weighted by molar-refractivity contribution is 8.18. The van der Waals surface area contributed by atoms with Crippen LogP contribution < -0.4 is 0 Å². The zero-order chi connectivity index (χ0) is 13.6. The topological polar surface area (TPSA) is 17.1 Å². The number of carbonyl (C=O) groups excluding carboxylic acids is 1. The van der Waals surface area contributed by atoms with Gasteiger partial charge in [-0.2, -0.15) is 48.8 Å². The van der Waals surface area contributed by atoms with Gasteiger partial charge in [-0.25, -0.2) is 0 Å². The second-order valence-electron chi connectivity index (χ2n) is 3.36. The average Bonchev–Trinajstić information content (AvgIpc) is 2.35. The van der Waals surface area contributed by atoms with E-state index >= 15 is 0 Å². The van der Waals surface area contributed by atoms with Crippen LogP contribution in [0.4, 0.5) is 0 Å². The molecule has 108 valence electrons. The molecule has 0 rings (SSSR count). The molecule has 7 heteroatoms. The van der Waals surface area contributed by atoms with E-state index in [1.54, 1.807) is 30.4 Å². The Kier molecular flexibility index (Phi) is 16.7. The van der Waals surface area contributed by atoms with Crippen molar-refractivity contribution in [3.8, 4) is 0 Å². The fourth-order valence-corrected chi connectivity index (χ4v) is 6.06. The lowest BCUT2D eigenvalue weighted by Crippen LogP contribution is -2.12. The molecule has 0 fully saturated rings. The van der Waals surface area contributed by atoms with Gasteiger partial charge in [0.25, 0.3) is 0 Å². The van der Waals surface area contributed by atoms with Crippen LogP contribution in [0.3, 0.4) is 0 Å². The Morgan fingerprint density at radius 1 is 0.889 bits per heavy atom. The molecule has 1 nitrogen and oxygen atoms in total. The van der Waals surface area contributed by atoms with E-state index in [0.29, 0.717) is 5.78 Å². The number of carbonyl (C=O) groups is 1. The van der Waals surface area contributed by atoms with E-state index in [0.717, 1.165) is 46.0 Å². The minimum atomic E-state index is 0.123. The molecule has 0 unspecified atom stereocenters. The Hall–Kier alpha value is 1.77. The number of thioether (sulfide) groups is 4. The van der Waals surface area contributed by atoms with Crippen LogP contribution in [0, 0.1) is 0 Å². The monoisotopic (exact) mass is 362 g/mol. The van der Waals surface area contributed by atoms with E-state index in [-0.39, 0.29) is 4.58 Å². The third kappa shape index (κ3) is 12.8. The van der Waals surface area contributed by atoms with Gasteiger partial charge in [-0.3, -0.25) is 4.79 Å². The Labute approximate surface area is 139 Å². The van der Waals surface area contributed by atoms with E-state index in [1.165, 1.54) is 0 Å². The van der Waals surface area contributed by atoms with Crippen LogP contribution in [0.2, 0.25) is 0 Å². The molecule has 0 N–H and O–H groups in total. The number of rotatable bonds is 13. The van der Waals surface area contributed by atoms with E-state index in [2.05, 4.69) is 25.3 Å². The van der Waals surface area contributed by atoms with Crippen molar-refractivity contribution in [1.29, 1.82) is 0 Å². The molecule has 0 aromatic carbocycles. The largest absolute Gasteiger partial charge is 0.298 e. The van der Waals surface area contributed by atoms with Crippen LogP contribution in [-0.2, 0) is 4.79 Å². The van der Waals surface area contributed by atoms with Gasteiger partial charge in [-0.15, -0.1) is 23.5 Å². The summed E-state index contributed by atoms with van der Waals surface area (Å²) in [5, 5.41) is 0. The fourth-order valence-electron chi connectivity index (χ4n) is 1.04. The van der Waals surface area contributed by atoms with Gasteiger partial charge in [0, 0.05) is 34.5 Å². The molecule has 0 aromatic rings. The summed E-state index contributed by atoms with van der Waals surface area (Å²) < 4.78 is 0.123. The molecule has 0 radical (unpaired) electrons. The first-order valence-corrected chi connectivity index (χ1v) is 11.5. The maximum atomic E-state index is 11.5. The Bertz CT molecular complexity index is 188. The first-order chi connectivity index (χ1) is 8.72. The van der Waals surface area contributed by atoms with Crippen LogP contribution in [0.5, 0.6) is 0 Å². The smallest absolute Gasteiger partial charge is 0.152 e. The second-order valence-corrected chi connectivity index (χ2v) is 9.42. The van der Waals surface area contributed by atoms with E-state index in [1.807, 2.05) is 23.5 Å². The van der Waals surface area contributed by atoms with Gasteiger partial charge < -0.3 is 0 Å². The van der Waals surface area contributed by atoms with Crippen molar-refractivity contribution in [2.24, 2.45) is 0 Å². The van der Waals surface area contributed by atoms with Gasteiger partial charge in [-0.05, 0) is 18.4 Å². The number of ketones is 1. The van der Waals surface area contributed by atoms with Crippen molar-refractivity contribution in [2.75, 3.05) is 46.0 Å². The molecule has 0 atom stereocenters. The fraction of sp³-hybridized carbons (Fsp3) is 0.909. The van der Waals surface area contributed by atoms with Gasteiger partial charge in [-0.1, -0.05) is 0 Å². The molecule has 0 aromatic heterocycles. The highest BCUT2D eigenvalue weighted by Gasteiger charge is 2.14. The number of hydrogen-bond donors (Lipinski definition) is 2. The standard InChI is InChI=1S/C11H22OS6/c1-10(12)11(17-8-6-15-4-2-13)18-9-7-16-5-3-14/h11,13-14H,2-9H2,1H3. The molecule has 0 aliphatic rings. The minimum absolute atomic E-state index is 0.123. The zero-order valence-corrected chi connectivity index (χ0v) is 15.7. The van der Waals surface area contributed by atoms with Crippen molar-refractivity contribution < 1.29 is 4.79 Å². The van der Waals surface area contributed by atoms with Crippen LogP contribution in [0.1, 0.15) is 6.92 Å². The first-order valence-electron chi connectivity index (χ1n) is 5.83. The summed E-state index contributed by atoms with van der Waals surface area (Å²) in [6.45, 7) is 1.70. The average molecular weight is 363 g/mol. The number of thiol groups is 2. The lowest BCUT2D eigenvalue weighted by atomic mass is 10.5. The molecule has 0 spiro atoms. The van der Waals surface area contributed by atoms with Gasteiger partial charge in [0.2, 0.25) is 0 Å². The molecule has 0 saturated heterocycles. The highest BCUT2D eigenvalue weighted by atomic mass is 32.2. The lowest BCUT2D eigenvalue weighted by Gasteiger charge is -2.12. The molecule has 18 heavy (non-hydrogen) atoms. The van der Waals surface area contributed by atoms with Gasteiger partial charge in [0.15, 0.2) is 5.78 Å². The highest BCUT2D eigenvalue weighted by Crippen LogP contribution is 2.26. The predicted octanol–water partition coefficient (Wildman–Crippen LogP) is 3.69. The maximum absolute atomic E-state index is 11.5.